The van der Waals surface area contributed by atoms with Crippen molar-refractivity contribution in [1.29, 1.82) is 0 Å². The van der Waals surface area contributed by atoms with Crippen LogP contribution in [0.1, 0.15) is 52.4 Å². The Hall–Kier alpha value is -1.84. The lowest BCUT2D eigenvalue weighted by Gasteiger charge is -2.18. The van der Waals surface area contributed by atoms with Crippen molar-refractivity contribution in [2.24, 2.45) is 0 Å². The van der Waals surface area contributed by atoms with Gasteiger partial charge in [0.05, 0.1) is 6.04 Å². The monoisotopic (exact) mass is 302 g/mol. The number of aryl methyl sites for hydroxylation is 2. The highest BCUT2D eigenvalue weighted by atomic mass is 16.2. The first-order valence-electron chi connectivity index (χ1n) is 8.01. The van der Waals surface area contributed by atoms with Crippen LogP contribution in [0.2, 0.25) is 0 Å². The fourth-order valence-electron chi connectivity index (χ4n) is 3.17. The summed E-state index contributed by atoms with van der Waals surface area (Å²) in [4.78, 5) is 26.4. The zero-order chi connectivity index (χ0) is 16.4. The second-order valence-corrected chi connectivity index (χ2v) is 6.35. The molecule has 0 bridgehead atoms. The minimum absolute atomic E-state index is 0.0575. The van der Waals surface area contributed by atoms with Gasteiger partial charge < -0.3 is 10.2 Å². The summed E-state index contributed by atoms with van der Waals surface area (Å²) in [7, 11) is 0. The Bertz CT molecular complexity index is 581. The summed E-state index contributed by atoms with van der Waals surface area (Å²) in [6.45, 7) is 11.5. The summed E-state index contributed by atoms with van der Waals surface area (Å²) < 4.78 is 0. The zero-order valence-corrected chi connectivity index (χ0v) is 14.2. The van der Waals surface area contributed by atoms with Gasteiger partial charge in [-0.2, -0.15) is 0 Å². The molecule has 0 aliphatic carbocycles. The van der Waals surface area contributed by atoms with E-state index in [0.717, 1.165) is 40.8 Å². The van der Waals surface area contributed by atoms with Crippen molar-refractivity contribution >= 4 is 11.8 Å². The van der Waals surface area contributed by atoms with Gasteiger partial charge in [-0.3, -0.25) is 9.59 Å². The van der Waals surface area contributed by atoms with Crippen molar-refractivity contribution in [2.45, 2.75) is 53.5 Å². The lowest BCUT2D eigenvalue weighted by Crippen LogP contribution is -2.38. The van der Waals surface area contributed by atoms with Crippen LogP contribution >= 0.6 is 0 Å². The number of nitrogens with one attached hydrogen (secondary N) is 1. The average Bonchev–Trinajstić information content (AvgIpc) is 2.77. The van der Waals surface area contributed by atoms with E-state index in [4.69, 9.17) is 0 Å². The van der Waals surface area contributed by atoms with Crippen LogP contribution in [0.4, 0.5) is 0 Å². The number of amides is 2. The number of nitrogens with zero attached hydrogens (tertiary/aromatic N) is 1. The smallest absolute Gasteiger partial charge is 0.252 e. The van der Waals surface area contributed by atoms with E-state index in [1.165, 1.54) is 0 Å². The normalized spacial score (nSPS) is 18.0. The SMILES string of the molecule is CCCN1C[C@@H](NC(=O)c2c(C)c(C)cc(C)c2C)CC1=O. The molecule has 0 saturated carbocycles. The van der Waals surface area contributed by atoms with Gasteiger partial charge in [0, 0.05) is 25.1 Å². The van der Waals surface area contributed by atoms with Gasteiger partial charge >= 0.3 is 0 Å². The van der Waals surface area contributed by atoms with E-state index >= 15 is 0 Å². The Morgan fingerprint density at radius 2 is 1.82 bits per heavy atom. The lowest BCUT2D eigenvalue weighted by atomic mass is 9.93. The maximum atomic E-state index is 12.7. The van der Waals surface area contributed by atoms with Crippen molar-refractivity contribution in [3.63, 3.8) is 0 Å². The molecule has 2 rings (SSSR count). The third-order valence-electron chi connectivity index (χ3n) is 4.64. The van der Waals surface area contributed by atoms with Crippen LogP contribution < -0.4 is 5.32 Å². The van der Waals surface area contributed by atoms with Crippen LogP contribution in [0.25, 0.3) is 0 Å². The van der Waals surface area contributed by atoms with Crippen LogP contribution in [-0.4, -0.2) is 35.8 Å². The number of hydrogen-bond acceptors (Lipinski definition) is 2. The Labute approximate surface area is 132 Å². The van der Waals surface area contributed by atoms with Crippen molar-refractivity contribution in [3.05, 3.63) is 33.9 Å². The molecule has 0 spiro atoms. The fraction of sp³-hybridized carbons (Fsp3) is 0.556. The molecular weight excluding hydrogens is 276 g/mol. The summed E-state index contributed by atoms with van der Waals surface area (Å²) >= 11 is 0. The molecule has 1 aromatic rings. The highest BCUT2D eigenvalue weighted by molar-refractivity contribution is 5.98. The predicted octanol–water partition coefficient (Wildman–Crippen LogP) is 2.66. The molecule has 1 aliphatic rings. The van der Waals surface area contributed by atoms with E-state index in [9.17, 15) is 9.59 Å². The number of benzene rings is 1. The maximum absolute atomic E-state index is 12.7. The largest absolute Gasteiger partial charge is 0.347 e. The molecule has 1 fully saturated rings. The van der Waals surface area contributed by atoms with Crippen molar-refractivity contribution in [1.82, 2.24) is 10.2 Å². The lowest BCUT2D eigenvalue weighted by molar-refractivity contribution is -0.127. The van der Waals surface area contributed by atoms with Crippen LogP contribution in [0.3, 0.4) is 0 Å². The minimum Gasteiger partial charge on any atom is -0.347 e. The minimum atomic E-state index is -0.0776. The third-order valence-corrected chi connectivity index (χ3v) is 4.64. The second kappa shape index (κ2) is 6.51. The summed E-state index contributed by atoms with van der Waals surface area (Å²) in [5.41, 5.74) is 5.07. The number of carbonyl (C=O) groups is 2. The molecule has 1 saturated heterocycles. The zero-order valence-electron chi connectivity index (χ0n) is 14.2. The Morgan fingerprint density at radius 1 is 1.23 bits per heavy atom. The van der Waals surface area contributed by atoms with Crippen molar-refractivity contribution < 1.29 is 9.59 Å². The molecule has 4 nitrogen and oxygen atoms in total. The van der Waals surface area contributed by atoms with Crippen LogP contribution in [0, 0.1) is 27.7 Å². The van der Waals surface area contributed by atoms with Crippen LogP contribution in [0.15, 0.2) is 6.07 Å². The summed E-state index contributed by atoms with van der Waals surface area (Å²) in [5.74, 6) is 0.0824. The molecule has 0 unspecified atom stereocenters. The van der Waals surface area contributed by atoms with Gasteiger partial charge in [0.2, 0.25) is 5.91 Å². The Morgan fingerprint density at radius 3 is 2.36 bits per heavy atom. The maximum Gasteiger partial charge on any atom is 0.252 e. The molecule has 1 atom stereocenters. The quantitative estimate of drug-likeness (QED) is 0.929. The van der Waals surface area contributed by atoms with Gasteiger partial charge in [-0.1, -0.05) is 13.0 Å². The van der Waals surface area contributed by atoms with Gasteiger partial charge in [0.15, 0.2) is 0 Å². The van der Waals surface area contributed by atoms with Gasteiger partial charge in [0.1, 0.15) is 0 Å². The standard InChI is InChI=1S/C18H26N2O2/c1-6-7-20-10-15(9-16(20)21)19-18(22)17-13(4)11(2)8-12(3)14(17)5/h8,15H,6-7,9-10H2,1-5H3,(H,19,22)/t15-/m0/s1. The van der Waals surface area contributed by atoms with Gasteiger partial charge in [-0.25, -0.2) is 0 Å². The third kappa shape index (κ3) is 3.16. The number of carbonyl (C=O) groups excluding carboxylic acids is 2. The molecule has 120 valence electrons. The summed E-state index contributed by atoms with van der Waals surface area (Å²) in [6.07, 6.45) is 1.36. The molecule has 4 heteroatoms. The highest BCUT2D eigenvalue weighted by Crippen LogP contribution is 2.22. The number of hydrogen-bond donors (Lipinski definition) is 1. The van der Waals surface area contributed by atoms with Crippen LogP contribution in [0.5, 0.6) is 0 Å². The van der Waals surface area contributed by atoms with E-state index in [1.54, 1.807) is 0 Å². The first-order valence-corrected chi connectivity index (χ1v) is 8.01. The number of rotatable bonds is 4. The van der Waals surface area contributed by atoms with E-state index < -0.39 is 0 Å². The molecule has 1 N–H and O–H groups in total. The van der Waals surface area contributed by atoms with E-state index in [0.29, 0.717) is 13.0 Å². The average molecular weight is 302 g/mol. The fourth-order valence-corrected chi connectivity index (χ4v) is 3.17. The van der Waals surface area contributed by atoms with E-state index in [-0.39, 0.29) is 17.9 Å². The summed E-state index contributed by atoms with van der Waals surface area (Å²) in [5, 5.41) is 3.05. The molecular formula is C18H26N2O2. The molecule has 0 radical (unpaired) electrons. The van der Waals surface area contributed by atoms with E-state index in [1.807, 2.05) is 32.6 Å². The molecule has 2 amide bonds. The van der Waals surface area contributed by atoms with Gasteiger partial charge in [-0.05, 0) is 56.4 Å². The number of likely N-dealkylation sites (tertiary alicyclic amines) is 1. The highest BCUT2D eigenvalue weighted by Gasteiger charge is 2.30. The Balaban J connectivity index is 2.16. The first kappa shape index (κ1) is 16.5. The topological polar surface area (TPSA) is 49.4 Å². The summed E-state index contributed by atoms with van der Waals surface area (Å²) in [6, 6.07) is 2.04. The molecule has 1 aromatic carbocycles. The van der Waals surface area contributed by atoms with Crippen molar-refractivity contribution in [2.75, 3.05) is 13.1 Å². The molecule has 1 heterocycles. The van der Waals surface area contributed by atoms with Gasteiger partial charge in [-0.15, -0.1) is 0 Å². The first-order chi connectivity index (χ1) is 10.3. The second-order valence-electron chi connectivity index (χ2n) is 6.35. The molecule has 1 aliphatic heterocycles. The molecule has 0 aromatic heterocycles. The van der Waals surface area contributed by atoms with E-state index in [2.05, 4.69) is 18.3 Å². The molecule has 22 heavy (non-hydrogen) atoms. The van der Waals surface area contributed by atoms with Gasteiger partial charge in [0.25, 0.3) is 5.91 Å². The van der Waals surface area contributed by atoms with Crippen molar-refractivity contribution in [3.8, 4) is 0 Å². The Kier molecular flexibility index (Phi) is 4.89. The predicted molar refractivity (Wildman–Crippen MR) is 88.1 cm³/mol. The van der Waals surface area contributed by atoms with Crippen LogP contribution in [-0.2, 0) is 4.79 Å².